The first kappa shape index (κ1) is 14.6. The van der Waals surface area contributed by atoms with Gasteiger partial charge in [0.15, 0.2) is 11.6 Å². The fraction of sp³-hybridized carbons (Fsp3) is 0.333. The molecule has 0 radical (unpaired) electrons. The van der Waals surface area contributed by atoms with Crippen molar-refractivity contribution in [3.63, 3.8) is 0 Å². The van der Waals surface area contributed by atoms with Gasteiger partial charge in [0, 0.05) is 13.0 Å². The van der Waals surface area contributed by atoms with Crippen LogP contribution in [0.2, 0.25) is 5.02 Å². The predicted molar refractivity (Wildman–Crippen MR) is 79.5 cm³/mol. The van der Waals surface area contributed by atoms with Crippen molar-refractivity contribution in [3.05, 3.63) is 46.6 Å². The molecule has 1 aromatic carbocycles. The van der Waals surface area contributed by atoms with Crippen LogP contribution in [0.4, 0.5) is 5.69 Å². The molecule has 0 bridgehead atoms. The highest BCUT2D eigenvalue weighted by Crippen LogP contribution is 2.26. The van der Waals surface area contributed by atoms with E-state index in [4.69, 9.17) is 16.0 Å². The Morgan fingerprint density at radius 2 is 2.00 bits per heavy atom. The molecule has 0 aliphatic heterocycles. The molecule has 0 unspecified atom stereocenters. The first-order chi connectivity index (χ1) is 9.41. The average molecular weight is 293 g/mol. The minimum absolute atomic E-state index is 0.140. The average Bonchev–Trinajstić information content (AvgIpc) is 2.80. The van der Waals surface area contributed by atoms with Crippen molar-refractivity contribution in [2.24, 2.45) is 0 Å². The maximum atomic E-state index is 12.5. The molecular formula is C15H17ClN2O2. The van der Waals surface area contributed by atoms with E-state index in [1.807, 2.05) is 26.0 Å². The Balaban J connectivity index is 2.34. The van der Waals surface area contributed by atoms with Crippen LogP contribution >= 0.6 is 11.6 Å². The Hall–Kier alpha value is -1.81. The highest BCUT2D eigenvalue weighted by molar-refractivity contribution is 6.34. The van der Waals surface area contributed by atoms with E-state index >= 15 is 0 Å². The Bertz CT molecular complexity index is 635. The summed E-state index contributed by atoms with van der Waals surface area (Å²) in [7, 11) is 1.67. The summed E-state index contributed by atoms with van der Waals surface area (Å²) >= 11 is 6.11. The molecule has 0 saturated carbocycles. The van der Waals surface area contributed by atoms with E-state index in [1.165, 1.54) is 4.90 Å². The van der Waals surface area contributed by atoms with E-state index < -0.39 is 0 Å². The van der Waals surface area contributed by atoms with Gasteiger partial charge >= 0.3 is 0 Å². The van der Waals surface area contributed by atoms with Crippen LogP contribution in [-0.4, -0.2) is 17.9 Å². The second kappa shape index (κ2) is 5.67. The maximum absolute atomic E-state index is 12.5. The fourth-order valence-electron chi connectivity index (χ4n) is 1.85. The Morgan fingerprint density at radius 1 is 1.35 bits per heavy atom. The molecule has 5 heteroatoms. The van der Waals surface area contributed by atoms with Gasteiger partial charge in [-0.3, -0.25) is 4.79 Å². The van der Waals surface area contributed by atoms with E-state index in [2.05, 4.69) is 4.98 Å². The summed E-state index contributed by atoms with van der Waals surface area (Å²) in [6.45, 7) is 5.68. The van der Waals surface area contributed by atoms with E-state index in [-0.39, 0.29) is 11.8 Å². The number of rotatable bonds is 3. The van der Waals surface area contributed by atoms with Gasteiger partial charge in [-0.15, -0.1) is 0 Å². The molecule has 1 heterocycles. The van der Waals surface area contributed by atoms with Gasteiger partial charge in [0.2, 0.25) is 0 Å². The number of oxazole rings is 1. The zero-order chi connectivity index (χ0) is 14.9. The first-order valence-electron chi connectivity index (χ1n) is 6.41. The minimum atomic E-state index is -0.230. The third-order valence-electron chi connectivity index (χ3n) is 3.03. The predicted octanol–water partition coefficient (Wildman–Crippen LogP) is 4.04. The standard InChI is InChI=1S/C15H17ClN2O2/c1-9(2)14-17-13(10(3)20-14)15(19)18(4)12-8-6-5-7-11(12)16/h5-9H,1-4H3. The van der Waals surface area contributed by atoms with Crippen LogP contribution in [0, 0.1) is 6.92 Å². The van der Waals surface area contributed by atoms with E-state index in [1.54, 1.807) is 26.1 Å². The van der Waals surface area contributed by atoms with Crippen LogP contribution in [0.3, 0.4) is 0 Å². The van der Waals surface area contributed by atoms with Crippen molar-refractivity contribution in [2.45, 2.75) is 26.7 Å². The number of aryl methyl sites for hydroxylation is 1. The van der Waals surface area contributed by atoms with Gasteiger partial charge in [-0.2, -0.15) is 0 Å². The van der Waals surface area contributed by atoms with Crippen LogP contribution in [0.15, 0.2) is 28.7 Å². The molecule has 0 aliphatic carbocycles. The molecule has 4 nitrogen and oxygen atoms in total. The molecule has 2 aromatic rings. The summed E-state index contributed by atoms with van der Waals surface area (Å²) in [5, 5.41) is 0.522. The number of carbonyl (C=O) groups is 1. The topological polar surface area (TPSA) is 46.3 Å². The highest BCUT2D eigenvalue weighted by Gasteiger charge is 2.23. The Morgan fingerprint density at radius 3 is 2.55 bits per heavy atom. The molecule has 2 rings (SSSR count). The summed E-state index contributed by atoms with van der Waals surface area (Å²) in [5.41, 5.74) is 0.976. The third-order valence-corrected chi connectivity index (χ3v) is 3.35. The number of para-hydroxylation sites is 1. The van der Waals surface area contributed by atoms with Gasteiger partial charge in [-0.05, 0) is 19.1 Å². The number of benzene rings is 1. The number of hydrogen-bond donors (Lipinski definition) is 0. The lowest BCUT2D eigenvalue weighted by molar-refractivity contribution is 0.0987. The zero-order valence-electron chi connectivity index (χ0n) is 12.0. The van der Waals surface area contributed by atoms with Crippen LogP contribution in [0.1, 0.15) is 41.9 Å². The SMILES string of the molecule is Cc1oc(C(C)C)nc1C(=O)N(C)c1ccccc1Cl. The van der Waals surface area contributed by atoms with Gasteiger partial charge < -0.3 is 9.32 Å². The smallest absolute Gasteiger partial charge is 0.280 e. The number of anilines is 1. The second-order valence-corrected chi connectivity index (χ2v) is 5.33. The number of nitrogens with zero attached hydrogens (tertiary/aromatic N) is 2. The van der Waals surface area contributed by atoms with Crippen LogP contribution in [0.25, 0.3) is 0 Å². The van der Waals surface area contributed by atoms with Crippen molar-refractivity contribution < 1.29 is 9.21 Å². The molecule has 106 valence electrons. The summed E-state index contributed by atoms with van der Waals surface area (Å²) in [5.74, 6) is 1.00. The number of hydrogen-bond acceptors (Lipinski definition) is 3. The molecule has 0 fully saturated rings. The monoisotopic (exact) mass is 292 g/mol. The lowest BCUT2D eigenvalue weighted by Crippen LogP contribution is -2.27. The highest BCUT2D eigenvalue weighted by atomic mass is 35.5. The number of carbonyl (C=O) groups excluding carboxylic acids is 1. The fourth-order valence-corrected chi connectivity index (χ4v) is 2.12. The number of halogens is 1. The first-order valence-corrected chi connectivity index (χ1v) is 6.79. The molecular weight excluding hydrogens is 276 g/mol. The van der Waals surface area contributed by atoms with E-state index in [0.717, 1.165) is 0 Å². The van der Waals surface area contributed by atoms with E-state index in [0.29, 0.717) is 28.1 Å². The van der Waals surface area contributed by atoms with Crippen molar-refractivity contribution in [1.82, 2.24) is 4.98 Å². The normalized spacial score (nSPS) is 10.9. The summed E-state index contributed by atoms with van der Waals surface area (Å²) in [6, 6.07) is 7.19. The maximum Gasteiger partial charge on any atom is 0.280 e. The lowest BCUT2D eigenvalue weighted by atomic mass is 10.2. The van der Waals surface area contributed by atoms with Gasteiger partial charge in [0.05, 0.1) is 10.7 Å². The van der Waals surface area contributed by atoms with Crippen LogP contribution in [-0.2, 0) is 0 Å². The van der Waals surface area contributed by atoms with Crippen LogP contribution < -0.4 is 4.90 Å². The van der Waals surface area contributed by atoms with Crippen molar-refractivity contribution >= 4 is 23.2 Å². The van der Waals surface area contributed by atoms with Gasteiger partial charge in [-0.25, -0.2) is 4.98 Å². The molecule has 0 saturated heterocycles. The third kappa shape index (κ3) is 2.70. The van der Waals surface area contributed by atoms with Crippen molar-refractivity contribution in [2.75, 3.05) is 11.9 Å². The van der Waals surface area contributed by atoms with Crippen molar-refractivity contribution in [3.8, 4) is 0 Å². The molecule has 1 amide bonds. The quantitative estimate of drug-likeness (QED) is 0.858. The lowest BCUT2D eigenvalue weighted by Gasteiger charge is -2.17. The second-order valence-electron chi connectivity index (χ2n) is 4.93. The van der Waals surface area contributed by atoms with Gasteiger partial charge in [0.1, 0.15) is 5.76 Å². The number of aromatic nitrogens is 1. The molecule has 20 heavy (non-hydrogen) atoms. The Kier molecular flexibility index (Phi) is 4.14. The summed E-state index contributed by atoms with van der Waals surface area (Å²) in [6.07, 6.45) is 0. The molecule has 0 aliphatic rings. The van der Waals surface area contributed by atoms with Gasteiger partial charge in [-0.1, -0.05) is 37.6 Å². The summed E-state index contributed by atoms with van der Waals surface area (Å²) < 4.78 is 5.52. The molecule has 0 atom stereocenters. The van der Waals surface area contributed by atoms with E-state index in [9.17, 15) is 4.79 Å². The number of amides is 1. The largest absolute Gasteiger partial charge is 0.445 e. The van der Waals surface area contributed by atoms with Crippen LogP contribution in [0.5, 0.6) is 0 Å². The zero-order valence-corrected chi connectivity index (χ0v) is 12.7. The van der Waals surface area contributed by atoms with Gasteiger partial charge in [0.25, 0.3) is 5.91 Å². The molecule has 0 N–H and O–H groups in total. The Labute approximate surface area is 123 Å². The summed E-state index contributed by atoms with van der Waals surface area (Å²) in [4.78, 5) is 18.3. The molecule has 0 spiro atoms. The van der Waals surface area contributed by atoms with Crippen molar-refractivity contribution in [1.29, 1.82) is 0 Å². The minimum Gasteiger partial charge on any atom is -0.445 e. The molecule has 1 aromatic heterocycles.